The fourth-order valence-electron chi connectivity index (χ4n) is 2.88. The summed E-state index contributed by atoms with van der Waals surface area (Å²) in [5.41, 5.74) is 2.84. The highest BCUT2D eigenvalue weighted by Crippen LogP contribution is 2.26. The number of para-hydroxylation sites is 1. The molecule has 3 aromatic carbocycles. The van der Waals surface area contributed by atoms with E-state index >= 15 is 0 Å². The summed E-state index contributed by atoms with van der Waals surface area (Å²) >= 11 is 6.17. The van der Waals surface area contributed by atoms with E-state index in [0.29, 0.717) is 27.8 Å². The van der Waals surface area contributed by atoms with Crippen LogP contribution in [0, 0.1) is 12.7 Å². The number of hydrogen-bond acceptors (Lipinski definition) is 3. The molecule has 1 N–H and O–H groups in total. The van der Waals surface area contributed by atoms with Crippen molar-refractivity contribution in [3.05, 3.63) is 95.0 Å². The van der Waals surface area contributed by atoms with Crippen molar-refractivity contribution < 1.29 is 9.18 Å². The maximum Gasteiger partial charge on any atom is 0.295 e. The molecule has 0 aliphatic carbocycles. The van der Waals surface area contributed by atoms with Crippen molar-refractivity contribution in [1.29, 1.82) is 0 Å². The summed E-state index contributed by atoms with van der Waals surface area (Å²) in [6.45, 7) is 1.91. The van der Waals surface area contributed by atoms with E-state index in [1.54, 1.807) is 41.1 Å². The molecule has 0 bridgehead atoms. The maximum atomic E-state index is 13.4. The Labute approximate surface area is 171 Å². The molecular weight excluding hydrogens is 391 g/mol. The summed E-state index contributed by atoms with van der Waals surface area (Å²) in [6, 6.07) is 20.3. The van der Waals surface area contributed by atoms with Gasteiger partial charge in [0.15, 0.2) is 5.82 Å². The second-order valence-electron chi connectivity index (χ2n) is 6.43. The van der Waals surface area contributed by atoms with Gasteiger partial charge in [0, 0.05) is 16.3 Å². The number of nitrogens with one attached hydrogen (secondary N) is 1. The van der Waals surface area contributed by atoms with Gasteiger partial charge in [0.2, 0.25) is 5.82 Å². The zero-order valence-electron chi connectivity index (χ0n) is 15.4. The van der Waals surface area contributed by atoms with Gasteiger partial charge in [0.25, 0.3) is 5.91 Å². The number of amides is 1. The Bertz CT molecular complexity index is 1170. The monoisotopic (exact) mass is 406 g/mol. The van der Waals surface area contributed by atoms with Crippen molar-refractivity contribution in [1.82, 2.24) is 14.8 Å². The number of carbonyl (C=O) groups excluding carboxylic acids is 1. The summed E-state index contributed by atoms with van der Waals surface area (Å²) < 4.78 is 14.9. The lowest BCUT2D eigenvalue weighted by atomic mass is 10.1. The summed E-state index contributed by atoms with van der Waals surface area (Å²) in [5, 5.41) is 7.72. The molecule has 0 saturated heterocycles. The highest BCUT2D eigenvalue weighted by Gasteiger charge is 2.20. The van der Waals surface area contributed by atoms with Crippen LogP contribution in [-0.4, -0.2) is 20.7 Å². The number of nitrogens with zero attached hydrogens (tertiary/aromatic N) is 3. The number of carbonyl (C=O) groups is 1. The lowest BCUT2D eigenvalue weighted by molar-refractivity contribution is 0.101. The molecule has 4 rings (SSSR count). The van der Waals surface area contributed by atoms with Crippen LogP contribution in [-0.2, 0) is 0 Å². The minimum atomic E-state index is -0.446. The van der Waals surface area contributed by atoms with Crippen LogP contribution >= 0.6 is 11.6 Å². The maximum absolute atomic E-state index is 13.4. The number of aryl methyl sites for hydroxylation is 1. The number of aromatic nitrogens is 3. The zero-order chi connectivity index (χ0) is 20.4. The molecule has 0 radical (unpaired) electrons. The molecule has 0 spiro atoms. The first-order valence-corrected chi connectivity index (χ1v) is 9.25. The van der Waals surface area contributed by atoms with Gasteiger partial charge in [0.05, 0.1) is 5.69 Å². The molecule has 7 heteroatoms. The summed E-state index contributed by atoms with van der Waals surface area (Å²) in [5.74, 6) is -0.403. The van der Waals surface area contributed by atoms with Crippen LogP contribution in [0.3, 0.4) is 0 Å². The van der Waals surface area contributed by atoms with E-state index in [2.05, 4.69) is 15.4 Å². The molecule has 144 valence electrons. The molecule has 1 aromatic heterocycles. The van der Waals surface area contributed by atoms with E-state index in [-0.39, 0.29) is 11.6 Å². The Morgan fingerprint density at radius 2 is 1.76 bits per heavy atom. The lowest BCUT2D eigenvalue weighted by Crippen LogP contribution is -2.14. The van der Waals surface area contributed by atoms with E-state index in [0.717, 1.165) is 5.56 Å². The molecule has 1 heterocycles. The first-order chi connectivity index (χ1) is 14.0. The normalized spacial score (nSPS) is 10.7. The van der Waals surface area contributed by atoms with Crippen molar-refractivity contribution in [2.24, 2.45) is 0 Å². The molecule has 0 unspecified atom stereocenters. The minimum absolute atomic E-state index is 0.00689. The van der Waals surface area contributed by atoms with Gasteiger partial charge < -0.3 is 5.32 Å². The number of benzene rings is 3. The number of rotatable bonds is 4. The van der Waals surface area contributed by atoms with Crippen LogP contribution in [0.15, 0.2) is 72.8 Å². The molecule has 29 heavy (non-hydrogen) atoms. The Morgan fingerprint density at radius 1 is 1.03 bits per heavy atom. The standard InChI is InChI=1S/C22H16ClFN4O/c1-14-7-10-16(23)13-19(14)28-21(15-8-11-17(24)12-9-15)26-20(27-28)22(29)25-18-5-3-2-4-6-18/h2-13H,1H3,(H,25,29). The fourth-order valence-corrected chi connectivity index (χ4v) is 3.05. The van der Waals surface area contributed by atoms with Crippen molar-refractivity contribution in [2.75, 3.05) is 5.32 Å². The Balaban J connectivity index is 1.81. The van der Waals surface area contributed by atoms with Crippen LogP contribution in [0.1, 0.15) is 16.2 Å². The first-order valence-electron chi connectivity index (χ1n) is 8.87. The third kappa shape index (κ3) is 4.02. The zero-order valence-corrected chi connectivity index (χ0v) is 16.2. The van der Waals surface area contributed by atoms with Crippen molar-refractivity contribution in [2.45, 2.75) is 6.92 Å². The largest absolute Gasteiger partial charge is 0.319 e. The second-order valence-corrected chi connectivity index (χ2v) is 6.87. The second kappa shape index (κ2) is 7.85. The SMILES string of the molecule is Cc1ccc(Cl)cc1-n1nc(C(=O)Nc2ccccc2)nc1-c1ccc(F)cc1. The molecule has 0 aliphatic rings. The Hall–Kier alpha value is -3.51. The van der Waals surface area contributed by atoms with E-state index in [4.69, 9.17) is 11.6 Å². The highest BCUT2D eigenvalue weighted by molar-refractivity contribution is 6.30. The van der Waals surface area contributed by atoms with Gasteiger partial charge in [-0.05, 0) is 61.0 Å². The smallest absolute Gasteiger partial charge is 0.295 e. The predicted molar refractivity (Wildman–Crippen MR) is 111 cm³/mol. The third-order valence-electron chi connectivity index (χ3n) is 4.34. The van der Waals surface area contributed by atoms with Gasteiger partial charge in [-0.3, -0.25) is 4.79 Å². The van der Waals surface area contributed by atoms with Crippen molar-refractivity contribution in [3.8, 4) is 17.1 Å². The van der Waals surface area contributed by atoms with Crippen LogP contribution in [0.5, 0.6) is 0 Å². The van der Waals surface area contributed by atoms with Gasteiger partial charge in [-0.25, -0.2) is 14.1 Å². The molecule has 5 nitrogen and oxygen atoms in total. The van der Waals surface area contributed by atoms with Gasteiger partial charge in [0.1, 0.15) is 5.82 Å². The number of halogens is 2. The van der Waals surface area contributed by atoms with Gasteiger partial charge >= 0.3 is 0 Å². The van der Waals surface area contributed by atoms with Crippen LogP contribution < -0.4 is 5.32 Å². The van der Waals surface area contributed by atoms with E-state index in [9.17, 15) is 9.18 Å². The predicted octanol–water partition coefficient (Wildman–Crippen LogP) is 5.29. The molecular formula is C22H16ClFN4O. The quantitative estimate of drug-likeness (QED) is 0.501. The van der Waals surface area contributed by atoms with Gasteiger partial charge in [-0.15, -0.1) is 5.10 Å². The molecule has 4 aromatic rings. The van der Waals surface area contributed by atoms with Crippen LogP contribution in [0.2, 0.25) is 5.02 Å². The van der Waals surface area contributed by atoms with E-state index < -0.39 is 5.91 Å². The van der Waals surface area contributed by atoms with E-state index in [1.807, 2.05) is 31.2 Å². The van der Waals surface area contributed by atoms with E-state index in [1.165, 1.54) is 12.1 Å². The Kier molecular flexibility index (Phi) is 5.10. The van der Waals surface area contributed by atoms with Crippen LogP contribution in [0.25, 0.3) is 17.1 Å². The number of hydrogen-bond donors (Lipinski definition) is 1. The van der Waals surface area contributed by atoms with Gasteiger partial charge in [-0.1, -0.05) is 35.9 Å². The highest BCUT2D eigenvalue weighted by atomic mass is 35.5. The Morgan fingerprint density at radius 3 is 2.48 bits per heavy atom. The lowest BCUT2D eigenvalue weighted by Gasteiger charge is -2.09. The number of anilines is 1. The fraction of sp³-hybridized carbons (Fsp3) is 0.0455. The van der Waals surface area contributed by atoms with Crippen molar-refractivity contribution >= 4 is 23.2 Å². The summed E-state index contributed by atoms with van der Waals surface area (Å²) in [6.07, 6.45) is 0. The van der Waals surface area contributed by atoms with Crippen LogP contribution in [0.4, 0.5) is 10.1 Å². The summed E-state index contributed by atoms with van der Waals surface area (Å²) in [4.78, 5) is 17.1. The first kappa shape index (κ1) is 18.8. The minimum Gasteiger partial charge on any atom is -0.319 e. The average molecular weight is 407 g/mol. The topological polar surface area (TPSA) is 59.8 Å². The third-order valence-corrected chi connectivity index (χ3v) is 4.58. The molecule has 0 aliphatic heterocycles. The molecule has 0 saturated carbocycles. The summed E-state index contributed by atoms with van der Waals surface area (Å²) in [7, 11) is 0. The molecule has 0 atom stereocenters. The average Bonchev–Trinajstić information content (AvgIpc) is 3.16. The van der Waals surface area contributed by atoms with Crippen molar-refractivity contribution in [3.63, 3.8) is 0 Å². The molecule has 1 amide bonds. The molecule has 0 fully saturated rings. The van der Waals surface area contributed by atoms with Gasteiger partial charge in [-0.2, -0.15) is 0 Å².